The third kappa shape index (κ3) is 3.08. The van der Waals surface area contributed by atoms with Gasteiger partial charge in [0.25, 0.3) is 0 Å². The van der Waals surface area contributed by atoms with Crippen LogP contribution in [0.15, 0.2) is 24.3 Å². The molecule has 2 aliphatic heterocycles. The van der Waals surface area contributed by atoms with Crippen LogP contribution in [0.1, 0.15) is 30.9 Å². The van der Waals surface area contributed by atoms with E-state index in [1.165, 1.54) is 35.2 Å². The quantitative estimate of drug-likeness (QED) is 0.796. The molecule has 2 heterocycles. The summed E-state index contributed by atoms with van der Waals surface area (Å²) in [7, 11) is 4.57. The second kappa shape index (κ2) is 7.28. The molecule has 0 saturated carbocycles. The van der Waals surface area contributed by atoms with Gasteiger partial charge in [-0.2, -0.15) is 0 Å². The molecule has 2 aliphatic rings. The number of ketones is 1. The first-order valence-corrected chi connectivity index (χ1v) is 9.46. The fourth-order valence-corrected chi connectivity index (χ4v) is 4.31. The minimum absolute atomic E-state index is 0.0968. The number of ether oxygens (including phenoxy) is 6. The van der Waals surface area contributed by atoms with Crippen LogP contribution < -0.4 is 28.4 Å². The predicted molar refractivity (Wildman–Crippen MR) is 106 cm³/mol. The number of rotatable bonds is 5. The van der Waals surface area contributed by atoms with Gasteiger partial charge in [0.05, 0.1) is 27.2 Å². The molecule has 0 unspecified atom stereocenters. The Labute approximate surface area is 174 Å². The average Bonchev–Trinajstić information content (AvgIpc) is 3.16. The molecule has 4 rings (SSSR count). The molecule has 0 amide bonds. The predicted octanol–water partition coefficient (Wildman–Crippen LogP) is 2.88. The standard InChI is InChI=1S/C22H24O8/c1-11(23)20-19(12-6-17(25-3)21(27-5)18(7-12)26-4)13-8-15-16(29-10-28-15)9-14(13)30-22(20,2)24/h6-9,19-20,24H,10H2,1-5H3/t19-,20-,22+/m0/s1. The molecule has 30 heavy (non-hydrogen) atoms. The number of carbonyl (C=O) groups excluding carboxylic acids is 1. The van der Waals surface area contributed by atoms with Gasteiger partial charge in [-0.1, -0.05) is 0 Å². The Morgan fingerprint density at radius 1 is 1.00 bits per heavy atom. The summed E-state index contributed by atoms with van der Waals surface area (Å²) < 4.78 is 33.2. The Bertz CT molecular complexity index is 972. The summed E-state index contributed by atoms with van der Waals surface area (Å²) in [6, 6.07) is 7.01. The van der Waals surface area contributed by atoms with Crippen molar-refractivity contribution >= 4 is 5.78 Å². The number of benzene rings is 2. The summed E-state index contributed by atoms with van der Waals surface area (Å²) in [5.41, 5.74) is 1.40. The Kier molecular flexibility index (Phi) is 4.89. The van der Waals surface area contributed by atoms with Crippen molar-refractivity contribution < 1.29 is 38.3 Å². The second-order valence-corrected chi connectivity index (χ2v) is 7.42. The van der Waals surface area contributed by atoms with Gasteiger partial charge < -0.3 is 33.5 Å². The molecule has 0 spiro atoms. The maximum Gasteiger partial charge on any atom is 0.231 e. The van der Waals surface area contributed by atoms with Gasteiger partial charge in [0.1, 0.15) is 11.5 Å². The van der Waals surface area contributed by atoms with Crippen LogP contribution in [0.3, 0.4) is 0 Å². The van der Waals surface area contributed by atoms with Crippen LogP contribution in [0.5, 0.6) is 34.5 Å². The van der Waals surface area contributed by atoms with Crippen LogP contribution in [0.25, 0.3) is 0 Å². The van der Waals surface area contributed by atoms with Crippen molar-refractivity contribution in [3.05, 3.63) is 35.4 Å². The molecule has 160 valence electrons. The molecule has 0 aromatic heterocycles. The summed E-state index contributed by atoms with van der Waals surface area (Å²) in [6.07, 6.45) is 0. The van der Waals surface area contributed by atoms with Crippen LogP contribution in [-0.4, -0.2) is 44.8 Å². The molecule has 2 aromatic carbocycles. The molecule has 3 atom stereocenters. The van der Waals surface area contributed by atoms with Crippen LogP contribution in [0.4, 0.5) is 0 Å². The smallest absolute Gasteiger partial charge is 0.231 e. The van der Waals surface area contributed by atoms with Crippen molar-refractivity contribution in [3.8, 4) is 34.5 Å². The zero-order valence-electron chi connectivity index (χ0n) is 17.5. The highest BCUT2D eigenvalue weighted by molar-refractivity contribution is 5.82. The summed E-state index contributed by atoms with van der Waals surface area (Å²) >= 11 is 0. The number of hydrogen-bond donors (Lipinski definition) is 1. The summed E-state index contributed by atoms with van der Waals surface area (Å²) in [6.45, 7) is 3.02. The van der Waals surface area contributed by atoms with Crippen LogP contribution in [0, 0.1) is 5.92 Å². The van der Waals surface area contributed by atoms with Crippen molar-refractivity contribution in [2.45, 2.75) is 25.6 Å². The monoisotopic (exact) mass is 416 g/mol. The lowest BCUT2D eigenvalue weighted by Gasteiger charge is -2.42. The molecule has 0 bridgehead atoms. The van der Waals surface area contributed by atoms with Gasteiger partial charge in [-0.15, -0.1) is 0 Å². The lowest BCUT2D eigenvalue weighted by atomic mass is 9.72. The summed E-state index contributed by atoms with van der Waals surface area (Å²) in [5, 5.41) is 11.1. The maximum absolute atomic E-state index is 12.7. The first-order chi connectivity index (χ1) is 14.3. The molecule has 0 aliphatic carbocycles. The Hall–Kier alpha value is -3.13. The van der Waals surface area contributed by atoms with E-state index < -0.39 is 17.6 Å². The van der Waals surface area contributed by atoms with Crippen molar-refractivity contribution in [1.82, 2.24) is 0 Å². The largest absolute Gasteiger partial charge is 0.493 e. The highest BCUT2D eigenvalue weighted by Gasteiger charge is 2.50. The highest BCUT2D eigenvalue weighted by Crippen LogP contribution is 2.53. The van der Waals surface area contributed by atoms with Gasteiger partial charge in [-0.25, -0.2) is 0 Å². The molecule has 2 aromatic rings. The van der Waals surface area contributed by atoms with E-state index in [4.69, 9.17) is 28.4 Å². The fraction of sp³-hybridized carbons (Fsp3) is 0.409. The Morgan fingerprint density at radius 2 is 1.60 bits per heavy atom. The molecule has 8 heteroatoms. The SMILES string of the molecule is COc1cc([C@H]2c3cc4c(cc3O[C@@](C)(O)[C@H]2C(C)=O)OCO4)cc(OC)c1OC. The normalized spacial score (nSPS) is 23.9. The summed E-state index contributed by atoms with van der Waals surface area (Å²) in [5.74, 6) is -0.566. The first-order valence-electron chi connectivity index (χ1n) is 9.46. The maximum atomic E-state index is 12.7. The number of methoxy groups -OCH3 is 3. The zero-order chi connectivity index (χ0) is 21.6. The number of carbonyl (C=O) groups is 1. The van der Waals surface area contributed by atoms with Crippen molar-refractivity contribution in [1.29, 1.82) is 0 Å². The van der Waals surface area contributed by atoms with E-state index in [2.05, 4.69) is 0 Å². The van der Waals surface area contributed by atoms with Crippen LogP contribution in [0.2, 0.25) is 0 Å². The zero-order valence-corrected chi connectivity index (χ0v) is 17.5. The molecule has 0 fully saturated rings. The third-order valence-corrected chi connectivity index (χ3v) is 5.55. The van der Waals surface area contributed by atoms with E-state index in [1.807, 2.05) is 0 Å². The van der Waals surface area contributed by atoms with E-state index in [9.17, 15) is 9.90 Å². The van der Waals surface area contributed by atoms with Gasteiger partial charge in [0, 0.05) is 24.5 Å². The highest BCUT2D eigenvalue weighted by atomic mass is 16.7. The van der Waals surface area contributed by atoms with E-state index >= 15 is 0 Å². The van der Waals surface area contributed by atoms with Gasteiger partial charge in [0.15, 0.2) is 23.0 Å². The van der Waals surface area contributed by atoms with E-state index in [-0.39, 0.29) is 12.6 Å². The fourth-order valence-electron chi connectivity index (χ4n) is 4.31. The van der Waals surface area contributed by atoms with Gasteiger partial charge in [0.2, 0.25) is 18.3 Å². The average molecular weight is 416 g/mol. The number of fused-ring (bicyclic) bond motifs is 2. The van der Waals surface area contributed by atoms with E-state index in [0.29, 0.717) is 45.6 Å². The second-order valence-electron chi connectivity index (χ2n) is 7.42. The number of hydrogen-bond acceptors (Lipinski definition) is 8. The van der Waals surface area contributed by atoms with Gasteiger partial charge in [-0.3, -0.25) is 4.79 Å². The molecule has 8 nitrogen and oxygen atoms in total. The van der Waals surface area contributed by atoms with Crippen molar-refractivity contribution in [3.63, 3.8) is 0 Å². The van der Waals surface area contributed by atoms with Gasteiger partial charge in [-0.05, 0) is 30.7 Å². The minimum Gasteiger partial charge on any atom is -0.493 e. The number of aliphatic hydroxyl groups is 1. The lowest BCUT2D eigenvalue weighted by molar-refractivity contribution is -0.181. The lowest BCUT2D eigenvalue weighted by Crippen LogP contribution is -2.50. The topological polar surface area (TPSA) is 92.7 Å². The molecular weight excluding hydrogens is 392 g/mol. The minimum atomic E-state index is -1.74. The Balaban J connectivity index is 1.98. The first kappa shape index (κ1) is 20.2. The van der Waals surface area contributed by atoms with Crippen molar-refractivity contribution in [2.24, 2.45) is 5.92 Å². The van der Waals surface area contributed by atoms with E-state index in [0.717, 1.165) is 0 Å². The molecular formula is C22H24O8. The van der Waals surface area contributed by atoms with Crippen LogP contribution in [-0.2, 0) is 4.79 Å². The molecule has 0 radical (unpaired) electrons. The molecule has 1 N–H and O–H groups in total. The molecule has 0 saturated heterocycles. The number of Topliss-reactive ketones (excluding diaryl/α,β-unsaturated/α-hetero) is 1. The summed E-state index contributed by atoms with van der Waals surface area (Å²) in [4.78, 5) is 12.7. The Morgan fingerprint density at radius 3 is 2.13 bits per heavy atom. The third-order valence-electron chi connectivity index (χ3n) is 5.55. The van der Waals surface area contributed by atoms with Crippen LogP contribution >= 0.6 is 0 Å². The van der Waals surface area contributed by atoms with E-state index in [1.54, 1.807) is 24.3 Å². The van der Waals surface area contributed by atoms with Gasteiger partial charge >= 0.3 is 0 Å². The van der Waals surface area contributed by atoms with Crippen molar-refractivity contribution in [2.75, 3.05) is 28.1 Å².